The van der Waals surface area contributed by atoms with E-state index in [2.05, 4.69) is 4.98 Å². The van der Waals surface area contributed by atoms with Crippen LogP contribution in [0.2, 0.25) is 0 Å². The molecule has 0 unspecified atom stereocenters. The molecule has 3 nitrogen and oxygen atoms in total. The van der Waals surface area contributed by atoms with Crippen LogP contribution < -0.4 is 5.73 Å². The highest BCUT2D eigenvalue weighted by Gasteiger charge is 2.13. The molecule has 0 atom stereocenters. The molecule has 0 saturated carbocycles. The topological polar surface area (TPSA) is 56.0 Å². The molecular formula is C18H16N2O. The highest BCUT2D eigenvalue weighted by Crippen LogP contribution is 2.19. The minimum absolute atomic E-state index is 0.0322. The van der Waals surface area contributed by atoms with Crippen molar-refractivity contribution in [3.8, 4) is 0 Å². The molecule has 3 heteroatoms. The second-order valence-corrected chi connectivity index (χ2v) is 4.94. The SMILES string of the molecule is NCCc1ccccc1C(=O)c1ccc2ncccc2c1. The Balaban J connectivity index is 2.04. The van der Waals surface area contributed by atoms with E-state index in [1.165, 1.54) is 0 Å². The summed E-state index contributed by atoms with van der Waals surface area (Å²) in [6.07, 6.45) is 2.46. The van der Waals surface area contributed by atoms with Crippen molar-refractivity contribution in [2.45, 2.75) is 6.42 Å². The van der Waals surface area contributed by atoms with Gasteiger partial charge in [0, 0.05) is 22.7 Å². The van der Waals surface area contributed by atoms with Gasteiger partial charge in [0.15, 0.2) is 5.78 Å². The van der Waals surface area contributed by atoms with Crippen LogP contribution in [-0.2, 0) is 6.42 Å². The van der Waals surface area contributed by atoms with Gasteiger partial charge >= 0.3 is 0 Å². The minimum Gasteiger partial charge on any atom is -0.330 e. The van der Waals surface area contributed by atoms with Gasteiger partial charge in [0.2, 0.25) is 0 Å². The van der Waals surface area contributed by atoms with Gasteiger partial charge in [0.1, 0.15) is 0 Å². The molecule has 3 aromatic rings. The summed E-state index contributed by atoms with van der Waals surface area (Å²) < 4.78 is 0. The fourth-order valence-corrected chi connectivity index (χ4v) is 2.49. The van der Waals surface area contributed by atoms with Crippen molar-refractivity contribution in [2.24, 2.45) is 5.73 Å². The predicted molar refractivity (Wildman–Crippen MR) is 84.4 cm³/mol. The van der Waals surface area contributed by atoms with E-state index in [1.54, 1.807) is 6.20 Å². The molecule has 0 bridgehead atoms. The van der Waals surface area contributed by atoms with Crippen molar-refractivity contribution >= 4 is 16.7 Å². The second kappa shape index (κ2) is 5.85. The molecular weight excluding hydrogens is 260 g/mol. The summed E-state index contributed by atoms with van der Waals surface area (Å²) in [4.78, 5) is 17.0. The molecule has 0 radical (unpaired) electrons. The third kappa shape index (κ3) is 2.69. The molecule has 0 aliphatic rings. The summed E-state index contributed by atoms with van der Waals surface area (Å²) in [6.45, 7) is 0.534. The van der Waals surface area contributed by atoms with Crippen molar-refractivity contribution in [3.63, 3.8) is 0 Å². The van der Waals surface area contributed by atoms with Crippen molar-refractivity contribution < 1.29 is 4.79 Å². The third-order valence-electron chi connectivity index (χ3n) is 3.54. The lowest BCUT2D eigenvalue weighted by molar-refractivity contribution is 0.103. The molecule has 21 heavy (non-hydrogen) atoms. The second-order valence-electron chi connectivity index (χ2n) is 4.94. The van der Waals surface area contributed by atoms with E-state index >= 15 is 0 Å². The van der Waals surface area contributed by atoms with Gasteiger partial charge in [0.05, 0.1) is 5.52 Å². The normalized spacial score (nSPS) is 10.7. The molecule has 1 aromatic heterocycles. The molecule has 0 amide bonds. The van der Waals surface area contributed by atoms with Gasteiger partial charge in [-0.1, -0.05) is 30.3 Å². The average molecular weight is 276 g/mol. The number of hydrogen-bond acceptors (Lipinski definition) is 3. The average Bonchev–Trinajstić information content (AvgIpc) is 2.54. The largest absolute Gasteiger partial charge is 0.330 e. The van der Waals surface area contributed by atoms with E-state index in [0.717, 1.165) is 22.0 Å². The first-order valence-corrected chi connectivity index (χ1v) is 6.97. The lowest BCUT2D eigenvalue weighted by Gasteiger charge is -2.08. The first-order valence-electron chi connectivity index (χ1n) is 6.97. The first kappa shape index (κ1) is 13.5. The fourth-order valence-electron chi connectivity index (χ4n) is 2.49. The van der Waals surface area contributed by atoms with Crippen LogP contribution in [0.1, 0.15) is 21.5 Å². The van der Waals surface area contributed by atoms with Crippen molar-refractivity contribution in [2.75, 3.05) is 6.54 Å². The van der Waals surface area contributed by atoms with Gasteiger partial charge < -0.3 is 5.73 Å². The Morgan fingerprint density at radius 2 is 1.90 bits per heavy atom. The number of nitrogens with zero attached hydrogens (tertiary/aromatic N) is 1. The number of hydrogen-bond donors (Lipinski definition) is 1. The molecule has 2 aromatic carbocycles. The van der Waals surface area contributed by atoms with Crippen molar-refractivity contribution in [3.05, 3.63) is 77.5 Å². The van der Waals surface area contributed by atoms with E-state index in [-0.39, 0.29) is 5.78 Å². The summed E-state index contributed by atoms with van der Waals surface area (Å²) in [5, 5.41) is 0.972. The smallest absolute Gasteiger partial charge is 0.193 e. The van der Waals surface area contributed by atoms with E-state index in [4.69, 9.17) is 5.73 Å². The molecule has 2 N–H and O–H groups in total. The third-order valence-corrected chi connectivity index (χ3v) is 3.54. The predicted octanol–water partition coefficient (Wildman–Crippen LogP) is 2.97. The number of carbonyl (C=O) groups excluding carboxylic acids is 1. The van der Waals surface area contributed by atoms with E-state index in [1.807, 2.05) is 54.6 Å². The lowest BCUT2D eigenvalue weighted by Crippen LogP contribution is -2.09. The Morgan fingerprint density at radius 1 is 1.05 bits per heavy atom. The van der Waals surface area contributed by atoms with Gasteiger partial charge in [0.25, 0.3) is 0 Å². The van der Waals surface area contributed by atoms with E-state index < -0.39 is 0 Å². The summed E-state index contributed by atoms with van der Waals surface area (Å²) in [6, 6.07) is 17.1. The maximum absolute atomic E-state index is 12.7. The zero-order valence-corrected chi connectivity index (χ0v) is 11.6. The summed E-state index contributed by atoms with van der Waals surface area (Å²) in [7, 11) is 0. The molecule has 1 heterocycles. The van der Waals surface area contributed by atoms with E-state index in [0.29, 0.717) is 18.5 Å². The summed E-state index contributed by atoms with van der Waals surface area (Å²) in [5.74, 6) is 0.0322. The van der Waals surface area contributed by atoms with Gasteiger partial charge in [-0.05, 0) is 42.8 Å². The van der Waals surface area contributed by atoms with E-state index in [9.17, 15) is 4.79 Å². The van der Waals surface area contributed by atoms with Crippen LogP contribution in [0, 0.1) is 0 Å². The number of aromatic nitrogens is 1. The number of carbonyl (C=O) groups is 1. The van der Waals surface area contributed by atoms with Crippen molar-refractivity contribution in [1.29, 1.82) is 0 Å². The van der Waals surface area contributed by atoms with Gasteiger partial charge in [-0.25, -0.2) is 0 Å². The summed E-state index contributed by atoms with van der Waals surface area (Å²) >= 11 is 0. The zero-order chi connectivity index (χ0) is 14.7. The quantitative estimate of drug-likeness (QED) is 0.745. The Labute approximate surface area is 123 Å². The molecule has 0 spiro atoms. The standard InChI is InChI=1S/C18H16N2O/c19-10-9-13-4-1-2-6-16(13)18(21)15-7-8-17-14(12-15)5-3-11-20-17/h1-8,11-12H,9-10,19H2. The monoisotopic (exact) mass is 276 g/mol. The highest BCUT2D eigenvalue weighted by atomic mass is 16.1. The molecule has 3 rings (SSSR count). The maximum Gasteiger partial charge on any atom is 0.193 e. The Kier molecular flexibility index (Phi) is 3.75. The number of fused-ring (bicyclic) bond motifs is 1. The van der Waals surface area contributed by atoms with Gasteiger partial charge in [-0.15, -0.1) is 0 Å². The van der Waals surface area contributed by atoms with Crippen LogP contribution in [0.25, 0.3) is 10.9 Å². The van der Waals surface area contributed by atoms with Crippen LogP contribution in [0.15, 0.2) is 60.8 Å². The maximum atomic E-state index is 12.7. The van der Waals surface area contributed by atoms with Crippen LogP contribution in [0.5, 0.6) is 0 Å². The Morgan fingerprint density at radius 3 is 2.76 bits per heavy atom. The zero-order valence-electron chi connectivity index (χ0n) is 11.6. The van der Waals surface area contributed by atoms with Gasteiger partial charge in [-0.3, -0.25) is 9.78 Å². The van der Waals surface area contributed by atoms with Crippen LogP contribution >= 0.6 is 0 Å². The van der Waals surface area contributed by atoms with Crippen LogP contribution in [-0.4, -0.2) is 17.3 Å². The minimum atomic E-state index is 0.0322. The number of rotatable bonds is 4. The Bertz CT molecular complexity index is 796. The molecule has 0 aliphatic carbocycles. The van der Waals surface area contributed by atoms with Crippen LogP contribution in [0.3, 0.4) is 0 Å². The molecule has 0 aliphatic heterocycles. The number of ketones is 1. The van der Waals surface area contributed by atoms with Crippen molar-refractivity contribution in [1.82, 2.24) is 4.98 Å². The summed E-state index contributed by atoms with van der Waals surface area (Å²) in [5.41, 5.74) is 8.92. The molecule has 0 fully saturated rings. The lowest BCUT2D eigenvalue weighted by atomic mass is 9.96. The molecule has 104 valence electrons. The highest BCUT2D eigenvalue weighted by molar-refractivity contribution is 6.11. The number of pyridine rings is 1. The number of benzene rings is 2. The van der Waals surface area contributed by atoms with Gasteiger partial charge in [-0.2, -0.15) is 0 Å². The number of nitrogens with two attached hydrogens (primary N) is 1. The van der Waals surface area contributed by atoms with Crippen LogP contribution in [0.4, 0.5) is 0 Å². The fraction of sp³-hybridized carbons (Fsp3) is 0.111. The Hall–Kier alpha value is -2.52. The first-order chi connectivity index (χ1) is 10.3. The molecule has 0 saturated heterocycles.